The van der Waals surface area contributed by atoms with Crippen LogP contribution in [0.25, 0.3) is 0 Å². The van der Waals surface area contributed by atoms with Gasteiger partial charge in [-0.1, -0.05) is 6.92 Å². The lowest BCUT2D eigenvalue weighted by Crippen LogP contribution is -2.43. The number of hydrogen-bond donors (Lipinski definition) is 1. The van der Waals surface area contributed by atoms with Crippen molar-refractivity contribution in [2.24, 2.45) is 0 Å². The second kappa shape index (κ2) is 6.57. The number of nitrogens with zero attached hydrogens (tertiary/aromatic N) is 3. The molecule has 0 aromatic carbocycles. The summed E-state index contributed by atoms with van der Waals surface area (Å²) in [6, 6.07) is 4.18. The molecule has 1 N–H and O–H groups in total. The fourth-order valence-electron chi connectivity index (χ4n) is 2.22. The molecule has 0 saturated carbocycles. The minimum Gasteiger partial charge on any atom is -0.353 e. The molecule has 1 saturated heterocycles. The first-order valence-corrected chi connectivity index (χ1v) is 8.01. The maximum absolute atomic E-state index is 4.37. The average Bonchev–Trinajstić information content (AvgIpc) is 2.39. The zero-order valence-corrected chi connectivity index (χ0v) is 13.0. The number of hydrogen-bond acceptors (Lipinski definition) is 5. The van der Waals surface area contributed by atoms with Crippen molar-refractivity contribution >= 4 is 17.6 Å². The highest BCUT2D eigenvalue weighted by molar-refractivity contribution is 8.00. The Hall–Kier alpha value is -0.810. The van der Waals surface area contributed by atoms with Gasteiger partial charge in [-0.15, -0.1) is 5.10 Å². The van der Waals surface area contributed by atoms with Crippen LogP contribution in [0, 0.1) is 0 Å². The molecule has 4 nitrogen and oxygen atoms in total. The van der Waals surface area contributed by atoms with Crippen LogP contribution < -0.4 is 10.2 Å². The molecule has 0 bridgehead atoms. The van der Waals surface area contributed by atoms with Crippen LogP contribution in [0.2, 0.25) is 0 Å². The fraction of sp³-hybridized carbons (Fsp3) is 0.714. The number of nitrogens with one attached hydrogen (secondary N) is 1. The van der Waals surface area contributed by atoms with E-state index in [9.17, 15) is 0 Å². The SMILES string of the molecule is CCCNCc1ccc(N2CCSC(C)(C)C2)nn1. The Morgan fingerprint density at radius 2 is 2.21 bits per heavy atom. The fourth-order valence-corrected chi connectivity index (χ4v) is 3.33. The van der Waals surface area contributed by atoms with Gasteiger partial charge in [-0.2, -0.15) is 16.9 Å². The summed E-state index contributed by atoms with van der Waals surface area (Å²) in [4.78, 5) is 2.34. The Bertz CT molecular complexity index is 391. The zero-order chi connectivity index (χ0) is 13.7. The minimum absolute atomic E-state index is 0.307. The molecular formula is C14H24N4S. The number of aromatic nitrogens is 2. The molecular weight excluding hydrogens is 256 g/mol. The summed E-state index contributed by atoms with van der Waals surface area (Å²) in [5, 5.41) is 12.0. The van der Waals surface area contributed by atoms with E-state index in [-0.39, 0.29) is 0 Å². The molecule has 0 unspecified atom stereocenters. The smallest absolute Gasteiger partial charge is 0.151 e. The van der Waals surface area contributed by atoms with Crippen molar-refractivity contribution in [2.75, 3.05) is 30.3 Å². The van der Waals surface area contributed by atoms with Gasteiger partial charge in [0.15, 0.2) is 5.82 Å². The van der Waals surface area contributed by atoms with Crippen LogP contribution in [-0.2, 0) is 6.54 Å². The largest absolute Gasteiger partial charge is 0.353 e. The molecule has 0 atom stereocenters. The summed E-state index contributed by atoms with van der Waals surface area (Å²) in [6.45, 7) is 10.7. The molecule has 1 aliphatic heterocycles. The molecule has 0 amide bonds. The van der Waals surface area contributed by atoms with E-state index in [1.165, 1.54) is 0 Å². The lowest BCUT2D eigenvalue weighted by atomic mass is 10.2. The van der Waals surface area contributed by atoms with Crippen LogP contribution in [0.15, 0.2) is 12.1 Å². The van der Waals surface area contributed by atoms with Crippen molar-refractivity contribution in [1.82, 2.24) is 15.5 Å². The summed E-state index contributed by atoms with van der Waals surface area (Å²) in [5.41, 5.74) is 1.02. The van der Waals surface area contributed by atoms with Gasteiger partial charge in [-0.25, -0.2) is 0 Å². The molecule has 5 heteroatoms. The Morgan fingerprint density at radius 3 is 2.84 bits per heavy atom. The van der Waals surface area contributed by atoms with Gasteiger partial charge < -0.3 is 10.2 Å². The van der Waals surface area contributed by atoms with Crippen LogP contribution in [0.3, 0.4) is 0 Å². The van der Waals surface area contributed by atoms with Gasteiger partial charge >= 0.3 is 0 Å². The lowest BCUT2D eigenvalue weighted by molar-refractivity contribution is 0.631. The highest BCUT2D eigenvalue weighted by Gasteiger charge is 2.27. The molecule has 106 valence electrons. The highest BCUT2D eigenvalue weighted by Crippen LogP contribution is 2.31. The van der Waals surface area contributed by atoms with Gasteiger partial charge in [0.25, 0.3) is 0 Å². The summed E-state index contributed by atoms with van der Waals surface area (Å²) in [6.07, 6.45) is 1.14. The van der Waals surface area contributed by atoms with Crippen molar-refractivity contribution < 1.29 is 0 Å². The second-order valence-electron chi connectivity index (χ2n) is 5.59. The Labute approximate surface area is 120 Å². The maximum atomic E-state index is 4.37. The van der Waals surface area contributed by atoms with Crippen LogP contribution in [0.5, 0.6) is 0 Å². The standard InChI is InChI=1S/C14H24N4S/c1-4-7-15-10-12-5-6-13(17-16-12)18-8-9-19-14(2,3)11-18/h5-6,15H,4,7-11H2,1-3H3. The summed E-state index contributed by atoms with van der Waals surface area (Å²) in [5.74, 6) is 2.17. The molecule has 0 aliphatic carbocycles. The lowest BCUT2D eigenvalue weighted by Gasteiger charge is -2.37. The predicted octanol–water partition coefficient (Wildman–Crippen LogP) is 2.31. The normalized spacial score (nSPS) is 18.6. The number of rotatable bonds is 5. The van der Waals surface area contributed by atoms with Gasteiger partial charge in [0.2, 0.25) is 0 Å². The second-order valence-corrected chi connectivity index (χ2v) is 7.39. The van der Waals surface area contributed by atoms with E-state index in [1.807, 2.05) is 11.8 Å². The first kappa shape index (κ1) is 14.6. The Balaban J connectivity index is 1.94. The molecule has 1 aromatic heterocycles. The maximum Gasteiger partial charge on any atom is 0.151 e. The van der Waals surface area contributed by atoms with Crippen molar-refractivity contribution in [1.29, 1.82) is 0 Å². The molecule has 1 aromatic rings. The van der Waals surface area contributed by atoms with Crippen LogP contribution in [0.1, 0.15) is 32.9 Å². The van der Waals surface area contributed by atoms with Crippen LogP contribution in [-0.4, -0.2) is 40.3 Å². The van der Waals surface area contributed by atoms with Crippen LogP contribution in [0.4, 0.5) is 5.82 Å². The average molecular weight is 280 g/mol. The highest BCUT2D eigenvalue weighted by atomic mass is 32.2. The summed E-state index contributed by atoms with van der Waals surface area (Å²) < 4.78 is 0.307. The van der Waals surface area contributed by atoms with Crippen molar-refractivity contribution in [2.45, 2.75) is 38.5 Å². The van der Waals surface area contributed by atoms with E-state index in [0.717, 1.165) is 49.9 Å². The number of anilines is 1. The van der Waals surface area contributed by atoms with E-state index in [4.69, 9.17) is 0 Å². The molecule has 0 spiro atoms. The quantitative estimate of drug-likeness (QED) is 0.838. The van der Waals surface area contributed by atoms with Crippen LogP contribution >= 0.6 is 11.8 Å². The minimum atomic E-state index is 0.307. The van der Waals surface area contributed by atoms with Gasteiger partial charge in [0.05, 0.1) is 5.69 Å². The Morgan fingerprint density at radius 1 is 1.37 bits per heavy atom. The van der Waals surface area contributed by atoms with Gasteiger partial charge in [-0.3, -0.25) is 0 Å². The van der Waals surface area contributed by atoms with E-state index in [2.05, 4.69) is 53.3 Å². The first-order valence-electron chi connectivity index (χ1n) is 7.03. The molecule has 19 heavy (non-hydrogen) atoms. The molecule has 1 aliphatic rings. The van der Waals surface area contributed by atoms with E-state index in [1.54, 1.807) is 0 Å². The third kappa shape index (κ3) is 4.35. The topological polar surface area (TPSA) is 41.0 Å². The van der Waals surface area contributed by atoms with Crippen molar-refractivity contribution in [3.8, 4) is 0 Å². The van der Waals surface area contributed by atoms with Gasteiger partial charge in [0, 0.05) is 30.1 Å². The third-order valence-electron chi connectivity index (χ3n) is 3.19. The zero-order valence-electron chi connectivity index (χ0n) is 12.1. The van der Waals surface area contributed by atoms with E-state index in [0.29, 0.717) is 4.75 Å². The summed E-state index contributed by atoms with van der Waals surface area (Å²) >= 11 is 2.04. The van der Waals surface area contributed by atoms with E-state index >= 15 is 0 Å². The molecule has 1 fully saturated rings. The third-order valence-corrected chi connectivity index (χ3v) is 4.49. The predicted molar refractivity (Wildman–Crippen MR) is 82.8 cm³/mol. The van der Waals surface area contributed by atoms with Gasteiger partial charge in [0.1, 0.15) is 0 Å². The van der Waals surface area contributed by atoms with E-state index < -0.39 is 0 Å². The Kier molecular flexibility index (Phi) is 5.05. The van der Waals surface area contributed by atoms with Crippen molar-refractivity contribution in [3.05, 3.63) is 17.8 Å². The molecule has 0 radical (unpaired) electrons. The number of thioether (sulfide) groups is 1. The monoisotopic (exact) mass is 280 g/mol. The molecule has 2 heterocycles. The summed E-state index contributed by atoms with van der Waals surface area (Å²) in [7, 11) is 0. The van der Waals surface area contributed by atoms with Crippen molar-refractivity contribution in [3.63, 3.8) is 0 Å². The van der Waals surface area contributed by atoms with Gasteiger partial charge in [-0.05, 0) is 38.9 Å². The molecule has 2 rings (SSSR count). The first-order chi connectivity index (χ1) is 9.11.